The summed E-state index contributed by atoms with van der Waals surface area (Å²) in [4.78, 5) is 12.2. The summed E-state index contributed by atoms with van der Waals surface area (Å²) in [6.07, 6.45) is 0. The molecule has 7 heteroatoms. The molecule has 2 aromatic rings. The van der Waals surface area contributed by atoms with Crippen molar-refractivity contribution in [2.45, 2.75) is 12.5 Å². The van der Waals surface area contributed by atoms with Crippen LogP contribution in [0, 0.1) is 11.3 Å². The van der Waals surface area contributed by atoms with Gasteiger partial charge in [-0.1, -0.05) is 28.1 Å². The highest BCUT2D eigenvalue weighted by Crippen LogP contribution is 2.41. The molecule has 1 aromatic heterocycles. The van der Waals surface area contributed by atoms with Gasteiger partial charge in [0.2, 0.25) is 17.1 Å². The molecule has 23 heavy (non-hydrogen) atoms. The first kappa shape index (κ1) is 15.3. The summed E-state index contributed by atoms with van der Waals surface area (Å²) in [7, 11) is 0. The molecule has 0 radical (unpaired) electrons. The highest BCUT2D eigenvalue weighted by molar-refractivity contribution is 9.10. The molecule has 0 saturated heterocycles. The molecule has 2 heterocycles. The first-order chi connectivity index (χ1) is 11.0. The summed E-state index contributed by atoms with van der Waals surface area (Å²) in [5, 5.41) is 18.7. The van der Waals surface area contributed by atoms with Crippen LogP contribution in [0.25, 0.3) is 0 Å². The van der Waals surface area contributed by atoms with Gasteiger partial charge in [-0.25, -0.2) is 0 Å². The first-order valence-corrected chi connectivity index (χ1v) is 7.45. The number of allylic oxidation sites excluding steroid dienone is 1. The van der Waals surface area contributed by atoms with E-state index in [9.17, 15) is 15.2 Å². The maximum Gasteiger partial charge on any atom is 0.228 e. The van der Waals surface area contributed by atoms with E-state index in [1.54, 1.807) is 18.2 Å². The van der Waals surface area contributed by atoms with E-state index in [1.165, 1.54) is 0 Å². The van der Waals surface area contributed by atoms with Crippen molar-refractivity contribution in [3.05, 3.63) is 73.6 Å². The normalized spacial score (nSPS) is 16.5. The number of fused-ring (bicyclic) bond motifs is 1. The average molecular weight is 375 g/mol. The van der Waals surface area contributed by atoms with Crippen molar-refractivity contribution in [2.24, 2.45) is 5.73 Å². The van der Waals surface area contributed by atoms with Gasteiger partial charge in [-0.2, -0.15) is 5.26 Å². The Balaban J connectivity index is 2.31. The smallest absolute Gasteiger partial charge is 0.228 e. The van der Waals surface area contributed by atoms with E-state index in [-0.39, 0.29) is 28.7 Å². The largest absolute Gasteiger partial charge is 0.458 e. The number of halogens is 1. The van der Waals surface area contributed by atoms with Crippen LogP contribution in [0.3, 0.4) is 0 Å². The van der Waals surface area contributed by atoms with Gasteiger partial charge in [0.15, 0.2) is 5.76 Å². The molecular weight excluding hydrogens is 364 g/mol. The zero-order valence-corrected chi connectivity index (χ0v) is 13.3. The number of aliphatic hydroxyl groups is 1. The molecule has 1 aliphatic rings. The van der Waals surface area contributed by atoms with Crippen LogP contribution in [-0.2, 0) is 6.61 Å². The number of rotatable bonds is 2. The first-order valence-electron chi connectivity index (χ1n) is 6.66. The molecule has 1 aromatic carbocycles. The number of nitriles is 1. The predicted octanol–water partition coefficient (Wildman–Crippen LogP) is 2.11. The second-order valence-electron chi connectivity index (χ2n) is 4.91. The van der Waals surface area contributed by atoms with Crippen LogP contribution in [-0.4, -0.2) is 5.11 Å². The van der Waals surface area contributed by atoms with Crippen molar-refractivity contribution in [1.82, 2.24) is 0 Å². The topological polar surface area (TPSA) is 109 Å². The number of benzene rings is 1. The Labute approximate surface area is 139 Å². The van der Waals surface area contributed by atoms with Crippen LogP contribution >= 0.6 is 15.9 Å². The number of nitrogens with zero attached hydrogens (tertiary/aromatic N) is 1. The minimum absolute atomic E-state index is 0.0660. The van der Waals surface area contributed by atoms with Crippen LogP contribution < -0.4 is 15.9 Å². The van der Waals surface area contributed by atoms with E-state index in [0.29, 0.717) is 5.56 Å². The SMILES string of the molecule is N#CC1=C(N)Oc2c(oc(CO)cc2=O)C1c1cccc(Br)c1. The lowest BCUT2D eigenvalue weighted by atomic mass is 9.87. The van der Waals surface area contributed by atoms with Gasteiger partial charge in [0.05, 0.1) is 5.92 Å². The molecule has 0 fully saturated rings. The Morgan fingerprint density at radius 2 is 2.17 bits per heavy atom. The maximum atomic E-state index is 12.2. The van der Waals surface area contributed by atoms with Crippen molar-refractivity contribution in [1.29, 1.82) is 5.26 Å². The Hall–Kier alpha value is -2.56. The summed E-state index contributed by atoms with van der Waals surface area (Å²) < 4.78 is 11.7. The zero-order chi connectivity index (χ0) is 16.6. The maximum absolute atomic E-state index is 12.2. The van der Waals surface area contributed by atoms with Crippen molar-refractivity contribution >= 4 is 15.9 Å². The Morgan fingerprint density at radius 1 is 1.39 bits per heavy atom. The number of hydrogen-bond acceptors (Lipinski definition) is 6. The monoisotopic (exact) mass is 374 g/mol. The van der Waals surface area contributed by atoms with Gasteiger partial charge in [0.1, 0.15) is 24.0 Å². The van der Waals surface area contributed by atoms with Crippen molar-refractivity contribution in [2.75, 3.05) is 0 Å². The van der Waals surface area contributed by atoms with Gasteiger partial charge in [-0.05, 0) is 17.7 Å². The Bertz CT molecular complexity index is 911. The third-order valence-corrected chi connectivity index (χ3v) is 3.96. The molecule has 0 saturated carbocycles. The van der Waals surface area contributed by atoms with E-state index >= 15 is 0 Å². The van der Waals surface area contributed by atoms with Crippen molar-refractivity contribution < 1.29 is 14.3 Å². The lowest BCUT2D eigenvalue weighted by Gasteiger charge is -2.24. The molecule has 116 valence electrons. The van der Waals surface area contributed by atoms with E-state index in [2.05, 4.69) is 15.9 Å². The van der Waals surface area contributed by atoms with Gasteiger partial charge < -0.3 is 20.0 Å². The molecule has 3 rings (SSSR count). The predicted molar refractivity (Wildman–Crippen MR) is 84.3 cm³/mol. The van der Waals surface area contributed by atoms with Gasteiger partial charge in [-0.3, -0.25) is 4.79 Å². The summed E-state index contributed by atoms with van der Waals surface area (Å²) in [6.45, 7) is -0.436. The summed E-state index contributed by atoms with van der Waals surface area (Å²) >= 11 is 3.37. The minimum Gasteiger partial charge on any atom is -0.458 e. The third-order valence-electron chi connectivity index (χ3n) is 3.47. The Kier molecular flexibility index (Phi) is 3.94. The van der Waals surface area contributed by atoms with Gasteiger partial charge in [0, 0.05) is 10.5 Å². The molecule has 1 aliphatic heterocycles. The summed E-state index contributed by atoms with van der Waals surface area (Å²) in [6, 6.07) is 10.4. The van der Waals surface area contributed by atoms with Gasteiger partial charge in [-0.15, -0.1) is 0 Å². The minimum atomic E-state index is -0.680. The standard InChI is InChI=1S/C16H11BrN2O4/c17-9-3-1-2-8(4-9)13-11(6-18)16(19)23-14-12(21)5-10(7-20)22-15(13)14/h1-5,13,20H,7,19H2. The molecule has 1 atom stereocenters. The van der Waals surface area contributed by atoms with E-state index in [1.807, 2.05) is 12.1 Å². The highest BCUT2D eigenvalue weighted by atomic mass is 79.9. The van der Waals surface area contributed by atoms with E-state index in [0.717, 1.165) is 10.5 Å². The lowest BCUT2D eigenvalue weighted by molar-refractivity contribution is 0.231. The van der Waals surface area contributed by atoms with Gasteiger partial charge >= 0.3 is 0 Å². The third kappa shape index (κ3) is 2.63. The molecule has 0 bridgehead atoms. The molecule has 0 amide bonds. The van der Waals surface area contributed by atoms with Crippen LogP contribution in [0.15, 0.2) is 55.5 Å². The fourth-order valence-corrected chi connectivity index (χ4v) is 2.90. The average Bonchev–Trinajstić information content (AvgIpc) is 2.54. The zero-order valence-electron chi connectivity index (χ0n) is 11.7. The van der Waals surface area contributed by atoms with Crippen LogP contribution in [0.2, 0.25) is 0 Å². The van der Waals surface area contributed by atoms with Crippen molar-refractivity contribution in [3.8, 4) is 11.8 Å². The number of ether oxygens (including phenoxy) is 1. The lowest BCUT2D eigenvalue weighted by Crippen LogP contribution is -2.25. The summed E-state index contributed by atoms with van der Waals surface area (Å²) in [5.41, 5.74) is 6.20. The molecule has 3 N–H and O–H groups in total. The quantitative estimate of drug-likeness (QED) is 0.832. The highest BCUT2D eigenvalue weighted by Gasteiger charge is 2.35. The van der Waals surface area contributed by atoms with Crippen molar-refractivity contribution in [3.63, 3.8) is 0 Å². The van der Waals surface area contributed by atoms with Crippen LogP contribution in [0.5, 0.6) is 5.75 Å². The number of nitrogens with two attached hydrogens (primary N) is 1. The van der Waals surface area contributed by atoms with Crippen LogP contribution in [0.1, 0.15) is 23.0 Å². The molecular formula is C16H11BrN2O4. The number of hydrogen-bond donors (Lipinski definition) is 2. The Morgan fingerprint density at radius 3 is 2.83 bits per heavy atom. The van der Waals surface area contributed by atoms with E-state index < -0.39 is 18.0 Å². The molecule has 0 aliphatic carbocycles. The van der Waals surface area contributed by atoms with Gasteiger partial charge in [0.25, 0.3) is 0 Å². The molecule has 0 spiro atoms. The molecule has 1 unspecified atom stereocenters. The second kappa shape index (κ2) is 5.91. The second-order valence-corrected chi connectivity index (χ2v) is 5.82. The fraction of sp³-hybridized carbons (Fsp3) is 0.125. The summed E-state index contributed by atoms with van der Waals surface area (Å²) in [5.74, 6) is -0.626. The molecule has 6 nitrogen and oxygen atoms in total. The van der Waals surface area contributed by atoms with Crippen LogP contribution in [0.4, 0.5) is 0 Å². The van der Waals surface area contributed by atoms with E-state index in [4.69, 9.17) is 14.9 Å². The number of aliphatic hydroxyl groups excluding tert-OH is 1. The fourth-order valence-electron chi connectivity index (χ4n) is 2.48.